The van der Waals surface area contributed by atoms with Crippen molar-refractivity contribution in [1.82, 2.24) is 0 Å². The van der Waals surface area contributed by atoms with Crippen LogP contribution in [0.25, 0.3) is 0 Å². The zero-order valence-electron chi connectivity index (χ0n) is 10.3. The molecule has 92 valence electrons. The van der Waals surface area contributed by atoms with Crippen molar-refractivity contribution >= 4 is 5.97 Å². The van der Waals surface area contributed by atoms with E-state index in [1.54, 1.807) is 0 Å². The van der Waals surface area contributed by atoms with Gasteiger partial charge in [-0.3, -0.25) is 4.79 Å². The van der Waals surface area contributed by atoms with Gasteiger partial charge in [0.2, 0.25) is 0 Å². The average Bonchev–Trinajstić information content (AvgIpc) is 2.30. The van der Waals surface area contributed by atoms with Gasteiger partial charge in [-0.05, 0) is 31.1 Å². The molecule has 3 nitrogen and oxygen atoms in total. The Labute approximate surface area is 97.8 Å². The first kappa shape index (κ1) is 13.2. The second-order valence-corrected chi connectivity index (χ2v) is 4.43. The van der Waals surface area contributed by atoms with Gasteiger partial charge in [-0.15, -0.1) is 0 Å². The summed E-state index contributed by atoms with van der Waals surface area (Å²) in [6, 6.07) is 0. The quantitative estimate of drug-likeness (QED) is 0.396. The predicted molar refractivity (Wildman–Crippen MR) is 63.1 cm³/mol. The van der Waals surface area contributed by atoms with Crippen LogP contribution in [0, 0.1) is 11.8 Å². The summed E-state index contributed by atoms with van der Waals surface area (Å²) >= 11 is 0. The lowest BCUT2D eigenvalue weighted by molar-refractivity contribution is -0.141. The number of esters is 1. The van der Waals surface area contributed by atoms with Crippen LogP contribution in [0.15, 0.2) is 12.2 Å². The number of methoxy groups -OCH3 is 1. The third-order valence-electron chi connectivity index (χ3n) is 3.15. The van der Waals surface area contributed by atoms with Crippen LogP contribution in [-0.4, -0.2) is 26.3 Å². The lowest BCUT2D eigenvalue weighted by atomic mass is 9.85. The minimum Gasteiger partial charge on any atom is -0.469 e. The van der Waals surface area contributed by atoms with Crippen molar-refractivity contribution in [1.29, 1.82) is 0 Å². The molecule has 0 radical (unpaired) electrons. The highest BCUT2D eigenvalue weighted by molar-refractivity contribution is 5.68. The van der Waals surface area contributed by atoms with E-state index < -0.39 is 0 Å². The van der Waals surface area contributed by atoms with E-state index in [2.05, 4.69) is 23.8 Å². The number of carbonyl (C=O) groups is 1. The molecule has 0 amide bonds. The van der Waals surface area contributed by atoms with Crippen LogP contribution in [-0.2, 0) is 14.3 Å². The molecule has 0 aliphatic heterocycles. The third kappa shape index (κ3) is 4.79. The van der Waals surface area contributed by atoms with Gasteiger partial charge in [-0.1, -0.05) is 19.1 Å². The van der Waals surface area contributed by atoms with Gasteiger partial charge in [0.1, 0.15) is 0 Å². The fourth-order valence-electron chi connectivity index (χ4n) is 1.89. The number of carbonyl (C=O) groups excluding carboxylic acids is 1. The van der Waals surface area contributed by atoms with Crippen LogP contribution < -0.4 is 0 Å². The molecule has 1 rings (SSSR count). The van der Waals surface area contributed by atoms with Crippen molar-refractivity contribution < 1.29 is 14.3 Å². The highest BCUT2D eigenvalue weighted by Crippen LogP contribution is 2.24. The summed E-state index contributed by atoms with van der Waals surface area (Å²) in [4.78, 5) is 10.8. The number of allylic oxidation sites excluding steroid dienone is 2. The van der Waals surface area contributed by atoms with Crippen molar-refractivity contribution in [3.05, 3.63) is 12.2 Å². The monoisotopic (exact) mass is 226 g/mol. The zero-order valence-corrected chi connectivity index (χ0v) is 10.3. The van der Waals surface area contributed by atoms with E-state index in [1.165, 1.54) is 7.11 Å². The van der Waals surface area contributed by atoms with Gasteiger partial charge in [0.05, 0.1) is 7.11 Å². The van der Waals surface area contributed by atoms with Gasteiger partial charge in [-0.2, -0.15) is 0 Å². The number of hydrogen-bond donors (Lipinski definition) is 0. The maximum atomic E-state index is 10.8. The van der Waals surface area contributed by atoms with E-state index in [1.807, 2.05) is 0 Å². The highest BCUT2D eigenvalue weighted by atomic mass is 16.5. The first-order valence-corrected chi connectivity index (χ1v) is 6.03. The molecule has 3 heteroatoms. The van der Waals surface area contributed by atoms with Gasteiger partial charge in [0, 0.05) is 19.6 Å². The van der Waals surface area contributed by atoms with Crippen LogP contribution in [0.4, 0.5) is 0 Å². The molecule has 0 aromatic carbocycles. The third-order valence-corrected chi connectivity index (χ3v) is 3.15. The van der Waals surface area contributed by atoms with E-state index in [4.69, 9.17) is 4.74 Å². The Morgan fingerprint density at radius 2 is 2.12 bits per heavy atom. The smallest absolute Gasteiger partial charge is 0.305 e. The molecule has 1 aliphatic carbocycles. The Morgan fingerprint density at radius 1 is 1.38 bits per heavy atom. The molecule has 16 heavy (non-hydrogen) atoms. The Balaban J connectivity index is 2.02. The lowest BCUT2D eigenvalue weighted by Gasteiger charge is -2.24. The first-order chi connectivity index (χ1) is 7.74. The summed E-state index contributed by atoms with van der Waals surface area (Å²) < 4.78 is 10.2. The SMILES string of the molecule is COC(=O)CCCOCC1CC=CCC1C. The van der Waals surface area contributed by atoms with Crippen LogP contribution in [0.1, 0.15) is 32.6 Å². The lowest BCUT2D eigenvalue weighted by Crippen LogP contribution is -2.20. The molecule has 2 atom stereocenters. The fourth-order valence-corrected chi connectivity index (χ4v) is 1.89. The minimum absolute atomic E-state index is 0.155. The van der Waals surface area contributed by atoms with E-state index in [0.717, 1.165) is 25.9 Å². The average molecular weight is 226 g/mol. The summed E-state index contributed by atoms with van der Waals surface area (Å²) in [6.45, 7) is 3.74. The van der Waals surface area contributed by atoms with E-state index in [0.29, 0.717) is 24.9 Å². The molecule has 0 saturated heterocycles. The van der Waals surface area contributed by atoms with Crippen LogP contribution >= 0.6 is 0 Å². The molecule has 0 N–H and O–H groups in total. The normalized spacial score (nSPS) is 24.4. The van der Waals surface area contributed by atoms with Crippen LogP contribution in [0.5, 0.6) is 0 Å². The molecule has 2 unspecified atom stereocenters. The number of hydrogen-bond acceptors (Lipinski definition) is 3. The number of rotatable bonds is 6. The molecular formula is C13H22O3. The standard InChI is InChI=1S/C13H22O3/c1-11-6-3-4-7-12(11)10-16-9-5-8-13(14)15-2/h3-4,11-12H,5-10H2,1-2H3. The van der Waals surface area contributed by atoms with Crippen LogP contribution in [0.3, 0.4) is 0 Å². The molecule has 0 aromatic rings. The largest absolute Gasteiger partial charge is 0.469 e. The second-order valence-electron chi connectivity index (χ2n) is 4.43. The molecule has 0 heterocycles. The van der Waals surface area contributed by atoms with E-state index >= 15 is 0 Å². The van der Waals surface area contributed by atoms with Gasteiger partial charge < -0.3 is 9.47 Å². The Kier molecular flexibility index (Phi) is 6.16. The number of ether oxygens (including phenoxy) is 2. The molecule has 0 bridgehead atoms. The predicted octanol–water partition coefficient (Wildman–Crippen LogP) is 2.56. The zero-order chi connectivity index (χ0) is 11.8. The second kappa shape index (κ2) is 7.44. The van der Waals surface area contributed by atoms with Gasteiger partial charge in [-0.25, -0.2) is 0 Å². The molecule has 0 aromatic heterocycles. The topological polar surface area (TPSA) is 35.5 Å². The summed E-state index contributed by atoms with van der Waals surface area (Å²) in [6.07, 6.45) is 7.98. The van der Waals surface area contributed by atoms with Crippen LogP contribution in [0.2, 0.25) is 0 Å². The first-order valence-electron chi connectivity index (χ1n) is 6.03. The van der Waals surface area contributed by atoms with Gasteiger partial charge in [0.15, 0.2) is 0 Å². The summed E-state index contributed by atoms with van der Waals surface area (Å²) in [7, 11) is 1.42. The van der Waals surface area contributed by atoms with Crippen molar-refractivity contribution in [3.63, 3.8) is 0 Å². The molecular weight excluding hydrogens is 204 g/mol. The van der Waals surface area contributed by atoms with Crippen molar-refractivity contribution in [2.45, 2.75) is 32.6 Å². The van der Waals surface area contributed by atoms with Crippen molar-refractivity contribution in [3.8, 4) is 0 Å². The Morgan fingerprint density at radius 3 is 2.81 bits per heavy atom. The van der Waals surface area contributed by atoms with Crippen molar-refractivity contribution in [2.24, 2.45) is 11.8 Å². The fraction of sp³-hybridized carbons (Fsp3) is 0.769. The maximum Gasteiger partial charge on any atom is 0.305 e. The summed E-state index contributed by atoms with van der Waals surface area (Å²) in [5.74, 6) is 1.20. The maximum absolute atomic E-state index is 10.8. The Hall–Kier alpha value is -0.830. The van der Waals surface area contributed by atoms with Crippen molar-refractivity contribution in [2.75, 3.05) is 20.3 Å². The summed E-state index contributed by atoms with van der Waals surface area (Å²) in [5.41, 5.74) is 0. The molecule has 0 fully saturated rings. The van der Waals surface area contributed by atoms with Gasteiger partial charge in [0.25, 0.3) is 0 Å². The van der Waals surface area contributed by atoms with E-state index in [9.17, 15) is 4.79 Å². The Bertz CT molecular complexity index is 235. The molecule has 0 saturated carbocycles. The molecule has 1 aliphatic rings. The molecule has 0 spiro atoms. The highest BCUT2D eigenvalue weighted by Gasteiger charge is 2.17. The minimum atomic E-state index is -0.155. The van der Waals surface area contributed by atoms with E-state index in [-0.39, 0.29) is 5.97 Å². The van der Waals surface area contributed by atoms with Gasteiger partial charge >= 0.3 is 5.97 Å². The summed E-state index contributed by atoms with van der Waals surface area (Å²) in [5, 5.41) is 0.